The molecular formula is C12H25NO. The van der Waals surface area contributed by atoms with Gasteiger partial charge in [-0.1, -0.05) is 26.2 Å². The first kappa shape index (κ1) is 12.0. The molecule has 1 saturated carbocycles. The first-order chi connectivity index (χ1) is 6.86. The predicted molar refractivity (Wildman–Crippen MR) is 60.6 cm³/mol. The fourth-order valence-electron chi connectivity index (χ4n) is 2.20. The summed E-state index contributed by atoms with van der Waals surface area (Å²) in [6.45, 7) is 3.45. The molecule has 0 aliphatic heterocycles. The fourth-order valence-corrected chi connectivity index (χ4v) is 2.20. The third kappa shape index (κ3) is 4.43. The molecule has 0 radical (unpaired) electrons. The Morgan fingerprint density at radius 3 is 2.71 bits per heavy atom. The first-order valence-corrected chi connectivity index (χ1v) is 6.13. The van der Waals surface area contributed by atoms with Gasteiger partial charge in [0.1, 0.15) is 0 Å². The minimum atomic E-state index is 0.517. The average molecular weight is 199 g/mol. The molecule has 0 spiro atoms. The minimum Gasteiger partial charge on any atom is -0.381 e. The van der Waals surface area contributed by atoms with Gasteiger partial charge in [-0.25, -0.2) is 0 Å². The normalized spacial score (nSPS) is 27.0. The van der Waals surface area contributed by atoms with E-state index in [-0.39, 0.29) is 0 Å². The lowest BCUT2D eigenvalue weighted by Gasteiger charge is -2.12. The number of ether oxygens (including phenoxy) is 1. The van der Waals surface area contributed by atoms with Gasteiger partial charge in [0.15, 0.2) is 0 Å². The number of unbranched alkanes of at least 4 members (excludes halogenated alkanes) is 3. The number of nitrogens with one attached hydrogen (secondary N) is 1. The topological polar surface area (TPSA) is 21.3 Å². The highest BCUT2D eigenvalue weighted by Crippen LogP contribution is 2.21. The summed E-state index contributed by atoms with van der Waals surface area (Å²) >= 11 is 0. The fraction of sp³-hybridized carbons (Fsp3) is 1.00. The SMILES string of the molecule is CCCCCCNC1CCC(OC)C1. The zero-order valence-corrected chi connectivity index (χ0v) is 9.72. The molecule has 0 saturated heterocycles. The molecule has 2 unspecified atom stereocenters. The Labute approximate surface area is 88.4 Å². The van der Waals surface area contributed by atoms with Crippen molar-refractivity contribution in [3.8, 4) is 0 Å². The van der Waals surface area contributed by atoms with Crippen molar-refractivity contribution in [1.29, 1.82) is 0 Å². The van der Waals surface area contributed by atoms with Crippen LogP contribution in [-0.4, -0.2) is 25.8 Å². The Bertz CT molecular complexity index is 138. The second-order valence-electron chi connectivity index (χ2n) is 4.38. The van der Waals surface area contributed by atoms with Crippen LogP contribution in [0.2, 0.25) is 0 Å². The molecule has 2 nitrogen and oxygen atoms in total. The summed E-state index contributed by atoms with van der Waals surface area (Å²) in [5.74, 6) is 0. The second-order valence-corrected chi connectivity index (χ2v) is 4.38. The molecule has 0 aromatic rings. The largest absolute Gasteiger partial charge is 0.381 e. The maximum Gasteiger partial charge on any atom is 0.0586 e. The van der Waals surface area contributed by atoms with Gasteiger partial charge >= 0.3 is 0 Å². The molecule has 14 heavy (non-hydrogen) atoms. The van der Waals surface area contributed by atoms with Gasteiger partial charge in [0.2, 0.25) is 0 Å². The highest BCUT2D eigenvalue weighted by Gasteiger charge is 2.23. The number of hydrogen-bond donors (Lipinski definition) is 1. The molecule has 0 aromatic carbocycles. The van der Waals surface area contributed by atoms with Crippen molar-refractivity contribution in [3.05, 3.63) is 0 Å². The predicted octanol–water partition coefficient (Wildman–Crippen LogP) is 2.72. The van der Waals surface area contributed by atoms with E-state index in [0.717, 1.165) is 6.04 Å². The van der Waals surface area contributed by atoms with E-state index in [4.69, 9.17) is 4.74 Å². The molecule has 1 aliphatic carbocycles. The molecule has 1 aliphatic rings. The van der Waals surface area contributed by atoms with Crippen LogP contribution < -0.4 is 5.32 Å². The van der Waals surface area contributed by atoms with E-state index in [2.05, 4.69) is 12.2 Å². The van der Waals surface area contributed by atoms with Crippen molar-refractivity contribution in [2.45, 2.75) is 64.0 Å². The van der Waals surface area contributed by atoms with Gasteiger partial charge < -0.3 is 10.1 Å². The van der Waals surface area contributed by atoms with Crippen LogP contribution in [0.3, 0.4) is 0 Å². The van der Waals surface area contributed by atoms with Crippen LogP contribution in [0.25, 0.3) is 0 Å². The summed E-state index contributed by atoms with van der Waals surface area (Å²) in [5.41, 5.74) is 0. The summed E-state index contributed by atoms with van der Waals surface area (Å²) < 4.78 is 5.35. The van der Waals surface area contributed by atoms with Gasteiger partial charge in [-0.05, 0) is 32.2 Å². The van der Waals surface area contributed by atoms with Crippen LogP contribution in [-0.2, 0) is 4.74 Å². The monoisotopic (exact) mass is 199 g/mol. The van der Waals surface area contributed by atoms with Gasteiger partial charge in [0, 0.05) is 13.2 Å². The molecule has 2 atom stereocenters. The molecule has 1 rings (SSSR count). The first-order valence-electron chi connectivity index (χ1n) is 6.13. The Morgan fingerprint density at radius 2 is 2.07 bits per heavy atom. The van der Waals surface area contributed by atoms with E-state index in [1.54, 1.807) is 0 Å². The lowest BCUT2D eigenvalue weighted by atomic mass is 10.2. The van der Waals surface area contributed by atoms with Crippen molar-refractivity contribution in [3.63, 3.8) is 0 Å². The van der Waals surface area contributed by atoms with E-state index in [1.807, 2.05) is 7.11 Å². The van der Waals surface area contributed by atoms with Crippen LogP contribution in [0, 0.1) is 0 Å². The zero-order chi connectivity index (χ0) is 10.2. The highest BCUT2D eigenvalue weighted by atomic mass is 16.5. The number of rotatable bonds is 7. The lowest BCUT2D eigenvalue weighted by molar-refractivity contribution is 0.107. The molecule has 0 heterocycles. The average Bonchev–Trinajstić information content (AvgIpc) is 2.65. The van der Waals surface area contributed by atoms with Crippen molar-refractivity contribution in [2.24, 2.45) is 0 Å². The Hall–Kier alpha value is -0.0800. The van der Waals surface area contributed by atoms with Crippen molar-refractivity contribution >= 4 is 0 Å². The van der Waals surface area contributed by atoms with Gasteiger partial charge in [0.25, 0.3) is 0 Å². The zero-order valence-electron chi connectivity index (χ0n) is 9.72. The maximum atomic E-state index is 5.35. The quantitative estimate of drug-likeness (QED) is 0.637. The minimum absolute atomic E-state index is 0.517. The summed E-state index contributed by atoms with van der Waals surface area (Å²) in [4.78, 5) is 0. The highest BCUT2D eigenvalue weighted by molar-refractivity contribution is 4.80. The summed E-state index contributed by atoms with van der Waals surface area (Å²) in [7, 11) is 1.83. The lowest BCUT2D eigenvalue weighted by Crippen LogP contribution is -2.28. The van der Waals surface area contributed by atoms with Crippen LogP contribution in [0.4, 0.5) is 0 Å². The number of hydrogen-bond acceptors (Lipinski definition) is 2. The smallest absolute Gasteiger partial charge is 0.0586 e. The summed E-state index contributed by atoms with van der Waals surface area (Å²) in [6, 6.07) is 0.724. The van der Waals surface area contributed by atoms with Crippen LogP contribution in [0.15, 0.2) is 0 Å². The molecule has 2 heteroatoms. The van der Waals surface area contributed by atoms with Gasteiger partial charge in [-0.2, -0.15) is 0 Å². The van der Waals surface area contributed by atoms with Crippen LogP contribution >= 0.6 is 0 Å². The molecule has 0 bridgehead atoms. The van der Waals surface area contributed by atoms with E-state index in [1.165, 1.54) is 51.5 Å². The number of methoxy groups -OCH3 is 1. The Morgan fingerprint density at radius 1 is 1.21 bits per heavy atom. The van der Waals surface area contributed by atoms with Crippen molar-refractivity contribution < 1.29 is 4.74 Å². The maximum absolute atomic E-state index is 5.35. The standard InChI is InChI=1S/C12H25NO/c1-3-4-5-6-9-13-11-7-8-12(10-11)14-2/h11-13H,3-10H2,1-2H3. The third-order valence-corrected chi connectivity index (χ3v) is 3.18. The molecule has 1 fully saturated rings. The van der Waals surface area contributed by atoms with Crippen molar-refractivity contribution in [1.82, 2.24) is 5.32 Å². The summed E-state index contributed by atoms with van der Waals surface area (Å²) in [6.07, 6.45) is 9.69. The Balaban J connectivity index is 1.92. The van der Waals surface area contributed by atoms with Gasteiger partial charge in [0.05, 0.1) is 6.10 Å². The van der Waals surface area contributed by atoms with E-state index < -0.39 is 0 Å². The Kier molecular flexibility index (Phi) is 6.20. The molecule has 0 amide bonds. The van der Waals surface area contributed by atoms with Gasteiger partial charge in [-0.15, -0.1) is 0 Å². The molecule has 1 N–H and O–H groups in total. The van der Waals surface area contributed by atoms with Crippen molar-refractivity contribution in [2.75, 3.05) is 13.7 Å². The summed E-state index contributed by atoms with van der Waals surface area (Å²) in [5, 5.41) is 3.62. The van der Waals surface area contributed by atoms with Crippen LogP contribution in [0.1, 0.15) is 51.9 Å². The van der Waals surface area contributed by atoms with Crippen LogP contribution in [0.5, 0.6) is 0 Å². The van der Waals surface area contributed by atoms with E-state index >= 15 is 0 Å². The second kappa shape index (κ2) is 7.24. The van der Waals surface area contributed by atoms with E-state index in [9.17, 15) is 0 Å². The van der Waals surface area contributed by atoms with Gasteiger partial charge in [-0.3, -0.25) is 0 Å². The molecular weight excluding hydrogens is 174 g/mol. The third-order valence-electron chi connectivity index (χ3n) is 3.18. The van der Waals surface area contributed by atoms with E-state index in [0.29, 0.717) is 6.10 Å². The molecule has 84 valence electrons. The molecule has 0 aromatic heterocycles.